The minimum Gasteiger partial charge on any atom is -0.493 e. The summed E-state index contributed by atoms with van der Waals surface area (Å²) >= 11 is 6.09. The molecule has 0 bridgehead atoms. The third kappa shape index (κ3) is 3.77. The Morgan fingerprint density at radius 2 is 1.79 bits per heavy atom. The molecule has 29 heavy (non-hydrogen) atoms. The van der Waals surface area contributed by atoms with Gasteiger partial charge in [0.15, 0.2) is 0 Å². The fourth-order valence-electron chi connectivity index (χ4n) is 4.59. The molecule has 146 valence electrons. The largest absolute Gasteiger partial charge is 0.493 e. The molecule has 3 heteroatoms. The maximum absolute atomic E-state index is 6.09. The summed E-state index contributed by atoms with van der Waals surface area (Å²) in [6, 6.07) is 25.5. The maximum atomic E-state index is 6.09. The summed E-state index contributed by atoms with van der Waals surface area (Å²) in [4.78, 5) is 0. The number of anilines is 1. The number of fused-ring (bicyclic) bond motifs is 3. The molecule has 0 saturated carbocycles. The highest BCUT2D eigenvalue weighted by Crippen LogP contribution is 2.50. The fraction of sp³-hybridized carbons (Fsp3) is 0.231. The molecular formula is C26H24ClNO. The number of rotatable bonds is 5. The van der Waals surface area contributed by atoms with Crippen LogP contribution in [0.3, 0.4) is 0 Å². The molecule has 3 atom stereocenters. The Labute approximate surface area is 177 Å². The third-order valence-electron chi connectivity index (χ3n) is 6.07. The quantitative estimate of drug-likeness (QED) is 0.475. The Morgan fingerprint density at radius 1 is 0.966 bits per heavy atom. The first-order valence-electron chi connectivity index (χ1n) is 10.3. The van der Waals surface area contributed by atoms with Gasteiger partial charge in [-0.2, -0.15) is 0 Å². The molecule has 2 aliphatic rings. The molecule has 2 nitrogen and oxygen atoms in total. The number of hydrogen-bond acceptors (Lipinski definition) is 2. The van der Waals surface area contributed by atoms with Gasteiger partial charge in [-0.1, -0.05) is 66.2 Å². The number of hydrogen-bond donors (Lipinski definition) is 1. The van der Waals surface area contributed by atoms with Gasteiger partial charge in [-0.25, -0.2) is 0 Å². The van der Waals surface area contributed by atoms with Gasteiger partial charge >= 0.3 is 0 Å². The molecule has 0 radical (unpaired) electrons. The lowest BCUT2D eigenvalue weighted by atomic mass is 9.77. The first-order valence-corrected chi connectivity index (χ1v) is 10.6. The molecule has 1 heterocycles. The van der Waals surface area contributed by atoms with Crippen molar-refractivity contribution >= 4 is 17.3 Å². The van der Waals surface area contributed by atoms with Crippen LogP contribution >= 0.6 is 11.6 Å². The summed E-state index contributed by atoms with van der Waals surface area (Å²) < 4.78 is 6.08. The summed E-state index contributed by atoms with van der Waals surface area (Å²) in [5, 5.41) is 4.56. The zero-order valence-electron chi connectivity index (χ0n) is 16.2. The van der Waals surface area contributed by atoms with Crippen molar-refractivity contribution in [2.45, 2.75) is 24.8 Å². The van der Waals surface area contributed by atoms with Gasteiger partial charge in [0.2, 0.25) is 0 Å². The standard InChI is InChI=1S/C26H24ClNO/c27-20-11-9-19(10-12-20)26-23-8-4-7-22(23)24-17-21(13-14-25(24)28-26)29-16-15-18-5-2-1-3-6-18/h1-7,9-14,17,22-23,26,28H,8,15-16H2. The summed E-state index contributed by atoms with van der Waals surface area (Å²) in [6.07, 6.45) is 6.68. The van der Waals surface area contributed by atoms with Gasteiger partial charge in [-0.3, -0.25) is 0 Å². The van der Waals surface area contributed by atoms with E-state index < -0.39 is 0 Å². The average Bonchev–Trinajstić information content (AvgIpc) is 3.25. The van der Waals surface area contributed by atoms with E-state index in [0.717, 1.165) is 23.6 Å². The highest BCUT2D eigenvalue weighted by Gasteiger charge is 2.37. The van der Waals surface area contributed by atoms with E-state index in [9.17, 15) is 0 Å². The lowest BCUT2D eigenvalue weighted by molar-refractivity contribution is 0.320. The minimum atomic E-state index is 0.296. The first kappa shape index (κ1) is 18.3. The van der Waals surface area contributed by atoms with E-state index in [1.165, 1.54) is 22.4 Å². The van der Waals surface area contributed by atoms with Crippen LogP contribution in [-0.2, 0) is 6.42 Å². The minimum absolute atomic E-state index is 0.296. The van der Waals surface area contributed by atoms with Crippen molar-refractivity contribution in [3.8, 4) is 5.75 Å². The summed E-state index contributed by atoms with van der Waals surface area (Å²) in [7, 11) is 0. The van der Waals surface area contributed by atoms with Crippen molar-refractivity contribution in [1.29, 1.82) is 0 Å². The molecule has 3 aromatic rings. The Bertz CT molecular complexity index is 1010. The molecule has 1 N–H and O–H groups in total. The fourth-order valence-corrected chi connectivity index (χ4v) is 4.72. The van der Waals surface area contributed by atoms with E-state index >= 15 is 0 Å². The van der Waals surface area contributed by atoms with Crippen LogP contribution in [0, 0.1) is 5.92 Å². The molecule has 3 unspecified atom stereocenters. The van der Waals surface area contributed by atoms with Crippen molar-refractivity contribution in [1.82, 2.24) is 0 Å². The van der Waals surface area contributed by atoms with E-state index in [-0.39, 0.29) is 0 Å². The van der Waals surface area contributed by atoms with Crippen molar-refractivity contribution in [3.05, 3.63) is 107 Å². The Hall–Kier alpha value is -2.71. The van der Waals surface area contributed by atoms with Crippen molar-refractivity contribution in [2.24, 2.45) is 5.92 Å². The van der Waals surface area contributed by atoms with Crippen LogP contribution in [-0.4, -0.2) is 6.61 Å². The van der Waals surface area contributed by atoms with E-state index in [2.05, 4.69) is 72.1 Å². The number of benzene rings is 3. The van der Waals surface area contributed by atoms with E-state index in [1.807, 2.05) is 18.2 Å². The second-order valence-corrected chi connectivity index (χ2v) is 8.30. The lowest BCUT2D eigenvalue weighted by Gasteiger charge is -2.37. The van der Waals surface area contributed by atoms with Crippen LogP contribution in [0.5, 0.6) is 5.75 Å². The maximum Gasteiger partial charge on any atom is 0.119 e. The molecule has 0 aromatic heterocycles. The number of allylic oxidation sites excluding steroid dienone is 2. The van der Waals surface area contributed by atoms with Gasteiger partial charge in [-0.05, 0) is 59.4 Å². The van der Waals surface area contributed by atoms with Crippen LogP contribution in [0.4, 0.5) is 5.69 Å². The highest BCUT2D eigenvalue weighted by atomic mass is 35.5. The number of nitrogens with one attached hydrogen (secondary N) is 1. The SMILES string of the molecule is Clc1ccc(C2Nc3ccc(OCCc4ccccc4)cc3C3C=CCC32)cc1. The van der Waals surface area contributed by atoms with Crippen molar-refractivity contribution < 1.29 is 4.74 Å². The highest BCUT2D eigenvalue weighted by molar-refractivity contribution is 6.30. The molecule has 0 fully saturated rings. The summed E-state index contributed by atoms with van der Waals surface area (Å²) in [5.74, 6) is 1.89. The summed E-state index contributed by atoms with van der Waals surface area (Å²) in [6.45, 7) is 0.688. The van der Waals surface area contributed by atoms with Gasteiger partial charge in [0.05, 0.1) is 12.6 Å². The second kappa shape index (κ2) is 7.96. The summed E-state index contributed by atoms with van der Waals surface area (Å²) in [5.41, 5.74) is 5.14. The van der Waals surface area contributed by atoms with Crippen LogP contribution in [0.2, 0.25) is 5.02 Å². The normalized spacial score (nSPS) is 21.9. The predicted molar refractivity (Wildman–Crippen MR) is 120 cm³/mol. The predicted octanol–water partition coefficient (Wildman–Crippen LogP) is 6.79. The lowest BCUT2D eigenvalue weighted by Crippen LogP contribution is -2.29. The monoisotopic (exact) mass is 401 g/mol. The molecule has 1 aliphatic carbocycles. The van der Waals surface area contributed by atoms with Gasteiger partial charge in [0.25, 0.3) is 0 Å². The van der Waals surface area contributed by atoms with Gasteiger partial charge in [0.1, 0.15) is 5.75 Å². The number of halogens is 1. The molecule has 0 spiro atoms. The average molecular weight is 402 g/mol. The topological polar surface area (TPSA) is 21.3 Å². The smallest absolute Gasteiger partial charge is 0.119 e. The molecule has 0 saturated heterocycles. The second-order valence-electron chi connectivity index (χ2n) is 7.86. The van der Waals surface area contributed by atoms with Gasteiger partial charge in [0, 0.05) is 23.0 Å². The van der Waals surface area contributed by atoms with Crippen LogP contribution in [0.15, 0.2) is 84.9 Å². The molecular weight excluding hydrogens is 378 g/mol. The van der Waals surface area contributed by atoms with E-state index in [4.69, 9.17) is 16.3 Å². The third-order valence-corrected chi connectivity index (χ3v) is 6.32. The molecule has 5 rings (SSSR count). The Kier molecular flexibility index (Phi) is 5.03. The van der Waals surface area contributed by atoms with E-state index in [1.54, 1.807) is 0 Å². The van der Waals surface area contributed by atoms with Gasteiger partial charge in [-0.15, -0.1) is 0 Å². The molecule has 3 aromatic carbocycles. The molecule has 1 aliphatic heterocycles. The van der Waals surface area contributed by atoms with Crippen molar-refractivity contribution in [3.63, 3.8) is 0 Å². The van der Waals surface area contributed by atoms with Crippen molar-refractivity contribution in [2.75, 3.05) is 11.9 Å². The Balaban J connectivity index is 1.35. The molecule has 0 amide bonds. The van der Waals surface area contributed by atoms with Crippen LogP contribution in [0.25, 0.3) is 0 Å². The zero-order valence-corrected chi connectivity index (χ0v) is 17.0. The van der Waals surface area contributed by atoms with Gasteiger partial charge < -0.3 is 10.1 Å². The zero-order chi connectivity index (χ0) is 19.6. The first-order chi connectivity index (χ1) is 14.3. The van der Waals surface area contributed by atoms with Crippen LogP contribution < -0.4 is 10.1 Å². The number of ether oxygens (including phenoxy) is 1. The Morgan fingerprint density at radius 3 is 2.62 bits per heavy atom. The van der Waals surface area contributed by atoms with E-state index in [0.29, 0.717) is 24.5 Å². The van der Waals surface area contributed by atoms with Crippen LogP contribution in [0.1, 0.15) is 35.1 Å².